The van der Waals surface area contributed by atoms with Crippen molar-refractivity contribution in [2.24, 2.45) is 0 Å². The molecule has 0 bridgehead atoms. The van der Waals surface area contributed by atoms with Gasteiger partial charge in [-0.2, -0.15) is 0 Å². The summed E-state index contributed by atoms with van der Waals surface area (Å²) in [6, 6.07) is 12.0. The van der Waals surface area contributed by atoms with Gasteiger partial charge in [-0.05, 0) is 42.5 Å². The first-order valence-electron chi connectivity index (χ1n) is 7.16. The Labute approximate surface area is 152 Å². The summed E-state index contributed by atoms with van der Waals surface area (Å²) in [5.41, 5.74) is 1.32. The highest BCUT2D eigenvalue weighted by Crippen LogP contribution is 2.28. The Morgan fingerprint density at radius 1 is 1.00 bits per heavy atom. The summed E-state index contributed by atoms with van der Waals surface area (Å²) in [7, 11) is 0. The number of ketones is 1. The monoisotopic (exact) mass is 378 g/mol. The quantitative estimate of drug-likeness (QED) is 0.620. The van der Waals surface area contributed by atoms with Crippen molar-refractivity contribution < 1.29 is 9.59 Å². The van der Waals surface area contributed by atoms with E-state index in [1.54, 1.807) is 42.5 Å². The van der Waals surface area contributed by atoms with Gasteiger partial charge in [-0.15, -0.1) is 0 Å². The lowest BCUT2D eigenvalue weighted by atomic mass is 10.1. The van der Waals surface area contributed by atoms with Gasteiger partial charge in [-0.25, -0.2) is 4.98 Å². The van der Waals surface area contributed by atoms with Crippen molar-refractivity contribution in [1.82, 2.24) is 4.98 Å². The molecule has 0 saturated carbocycles. The molecule has 7 heteroatoms. The first-order chi connectivity index (χ1) is 11.5. The Morgan fingerprint density at radius 2 is 1.71 bits per heavy atom. The standard InChI is InChI=1S/C17H12Cl2N2O2S/c18-11-3-1-10(2-4-11)14(22)7-8-16(23)21-17-20-13-6-5-12(19)9-15(13)24-17/h1-6,9H,7-8H2,(H,20,21,23). The third-order valence-electron chi connectivity index (χ3n) is 3.34. The van der Waals surface area contributed by atoms with E-state index < -0.39 is 0 Å². The Kier molecular flexibility index (Phi) is 5.14. The number of fused-ring (bicyclic) bond motifs is 1. The summed E-state index contributed by atoms with van der Waals surface area (Å²) in [5, 5.41) is 4.41. The molecule has 0 aliphatic heterocycles. The third kappa shape index (κ3) is 4.12. The number of aromatic nitrogens is 1. The van der Waals surface area contributed by atoms with Crippen LogP contribution in [0.5, 0.6) is 0 Å². The fourth-order valence-electron chi connectivity index (χ4n) is 2.14. The minimum atomic E-state index is -0.248. The number of hydrogen-bond donors (Lipinski definition) is 1. The number of nitrogens with one attached hydrogen (secondary N) is 1. The molecule has 4 nitrogen and oxygen atoms in total. The molecule has 0 saturated heterocycles. The number of rotatable bonds is 5. The van der Waals surface area contributed by atoms with Crippen LogP contribution in [0, 0.1) is 0 Å². The van der Waals surface area contributed by atoms with Gasteiger partial charge in [0.15, 0.2) is 10.9 Å². The molecule has 0 spiro atoms. The zero-order chi connectivity index (χ0) is 17.1. The molecule has 0 radical (unpaired) electrons. The number of carbonyl (C=O) groups excluding carboxylic acids is 2. The van der Waals surface area contributed by atoms with E-state index >= 15 is 0 Å². The number of halogens is 2. The summed E-state index contributed by atoms with van der Waals surface area (Å²) < 4.78 is 0.898. The SMILES string of the molecule is O=C(CCC(=O)c1ccc(Cl)cc1)Nc1nc2ccc(Cl)cc2s1. The molecule has 0 fully saturated rings. The summed E-state index contributed by atoms with van der Waals surface area (Å²) in [5.74, 6) is -0.347. The smallest absolute Gasteiger partial charge is 0.226 e. The number of thiazole rings is 1. The highest BCUT2D eigenvalue weighted by atomic mass is 35.5. The van der Waals surface area contributed by atoms with Crippen LogP contribution in [-0.4, -0.2) is 16.7 Å². The summed E-state index contributed by atoms with van der Waals surface area (Å²) in [4.78, 5) is 28.4. The van der Waals surface area contributed by atoms with Gasteiger partial charge in [0.2, 0.25) is 5.91 Å². The zero-order valence-corrected chi connectivity index (χ0v) is 14.7. The number of anilines is 1. The van der Waals surface area contributed by atoms with Crippen molar-refractivity contribution in [2.45, 2.75) is 12.8 Å². The second kappa shape index (κ2) is 7.30. The largest absolute Gasteiger partial charge is 0.302 e. The summed E-state index contributed by atoms with van der Waals surface area (Å²) in [6.45, 7) is 0. The number of benzene rings is 2. The predicted octanol–water partition coefficient (Wildman–Crippen LogP) is 5.20. The topological polar surface area (TPSA) is 59.1 Å². The molecule has 1 N–H and O–H groups in total. The van der Waals surface area contributed by atoms with Crippen LogP contribution in [0.25, 0.3) is 10.2 Å². The molecule has 2 aromatic carbocycles. The third-order valence-corrected chi connectivity index (χ3v) is 4.76. The van der Waals surface area contributed by atoms with Gasteiger partial charge >= 0.3 is 0 Å². The summed E-state index contributed by atoms with van der Waals surface area (Å²) in [6.07, 6.45) is 0.225. The Bertz CT molecular complexity index is 907. The number of nitrogens with zero attached hydrogens (tertiary/aromatic N) is 1. The van der Waals surface area contributed by atoms with Crippen molar-refractivity contribution in [1.29, 1.82) is 0 Å². The minimum Gasteiger partial charge on any atom is -0.302 e. The van der Waals surface area contributed by atoms with Gasteiger partial charge in [0.25, 0.3) is 0 Å². The highest BCUT2D eigenvalue weighted by Gasteiger charge is 2.12. The molecular formula is C17H12Cl2N2O2S. The predicted molar refractivity (Wildman–Crippen MR) is 98.3 cm³/mol. The van der Waals surface area contributed by atoms with Gasteiger partial charge in [0, 0.05) is 28.5 Å². The second-order valence-electron chi connectivity index (χ2n) is 5.11. The molecule has 0 aliphatic carbocycles. The lowest BCUT2D eigenvalue weighted by Gasteiger charge is -2.02. The number of amides is 1. The maximum Gasteiger partial charge on any atom is 0.226 e. The fourth-order valence-corrected chi connectivity index (χ4v) is 3.42. The summed E-state index contributed by atoms with van der Waals surface area (Å²) >= 11 is 13.1. The van der Waals surface area contributed by atoms with Crippen LogP contribution in [0.3, 0.4) is 0 Å². The van der Waals surface area contributed by atoms with E-state index in [1.807, 2.05) is 0 Å². The van der Waals surface area contributed by atoms with Crippen LogP contribution in [0.1, 0.15) is 23.2 Å². The average molecular weight is 379 g/mol. The van der Waals surface area contributed by atoms with Crippen molar-refractivity contribution in [3.63, 3.8) is 0 Å². The molecule has 24 heavy (non-hydrogen) atoms. The average Bonchev–Trinajstić information content (AvgIpc) is 2.94. The number of Topliss-reactive ketones (excluding diaryl/α,β-unsaturated/α-hetero) is 1. The van der Waals surface area contributed by atoms with Gasteiger partial charge < -0.3 is 5.32 Å². The van der Waals surface area contributed by atoms with E-state index in [2.05, 4.69) is 10.3 Å². The van der Waals surface area contributed by atoms with Gasteiger partial charge in [-0.3, -0.25) is 9.59 Å². The Balaban J connectivity index is 1.58. The second-order valence-corrected chi connectivity index (χ2v) is 7.01. The highest BCUT2D eigenvalue weighted by molar-refractivity contribution is 7.22. The van der Waals surface area contributed by atoms with E-state index in [1.165, 1.54) is 11.3 Å². The zero-order valence-electron chi connectivity index (χ0n) is 12.4. The molecular weight excluding hydrogens is 367 g/mol. The van der Waals surface area contributed by atoms with Crippen LogP contribution in [0.4, 0.5) is 5.13 Å². The molecule has 0 atom stereocenters. The van der Waals surface area contributed by atoms with Crippen LogP contribution in [0.2, 0.25) is 10.0 Å². The molecule has 0 aliphatic rings. The molecule has 1 aromatic heterocycles. The first-order valence-corrected chi connectivity index (χ1v) is 8.73. The molecule has 3 aromatic rings. The van der Waals surface area contributed by atoms with Crippen molar-refractivity contribution >= 4 is 61.6 Å². The lowest BCUT2D eigenvalue weighted by molar-refractivity contribution is -0.116. The molecule has 3 rings (SSSR count). The lowest BCUT2D eigenvalue weighted by Crippen LogP contribution is -2.13. The van der Waals surface area contributed by atoms with Crippen molar-refractivity contribution in [3.05, 3.63) is 58.1 Å². The fraction of sp³-hybridized carbons (Fsp3) is 0.118. The van der Waals surface area contributed by atoms with Gasteiger partial charge in [0.1, 0.15) is 0 Å². The van der Waals surface area contributed by atoms with Gasteiger partial charge in [-0.1, -0.05) is 34.5 Å². The number of carbonyl (C=O) groups is 2. The Hall–Kier alpha value is -1.95. The minimum absolute atomic E-state index is 0.0954. The van der Waals surface area contributed by atoms with Gasteiger partial charge in [0.05, 0.1) is 10.2 Å². The molecule has 0 unspecified atom stereocenters. The molecule has 1 amide bonds. The van der Waals surface area contributed by atoms with Crippen LogP contribution in [-0.2, 0) is 4.79 Å². The van der Waals surface area contributed by atoms with E-state index in [9.17, 15) is 9.59 Å². The number of hydrogen-bond acceptors (Lipinski definition) is 4. The van der Waals surface area contributed by atoms with Crippen molar-refractivity contribution in [3.8, 4) is 0 Å². The van der Waals surface area contributed by atoms with Crippen LogP contribution < -0.4 is 5.32 Å². The van der Waals surface area contributed by atoms with E-state index in [-0.39, 0.29) is 24.5 Å². The van der Waals surface area contributed by atoms with Crippen molar-refractivity contribution in [2.75, 3.05) is 5.32 Å². The normalized spacial score (nSPS) is 10.8. The molecule has 1 heterocycles. The van der Waals surface area contributed by atoms with Crippen LogP contribution in [0.15, 0.2) is 42.5 Å². The van der Waals surface area contributed by atoms with E-state index in [0.29, 0.717) is 20.7 Å². The Morgan fingerprint density at radius 3 is 2.46 bits per heavy atom. The first kappa shape index (κ1) is 16.9. The maximum atomic E-state index is 12.0. The van der Waals surface area contributed by atoms with E-state index in [0.717, 1.165) is 10.2 Å². The van der Waals surface area contributed by atoms with Crippen LogP contribution >= 0.6 is 34.5 Å². The maximum absolute atomic E-state index is 12.0. The van der Waals surface area contributed by atoms with E-state index in [4.69, 9.17) is 23.2 Å². The molecule has 122 valence electrons.